The van der Waals surface area contributed by atoms with Gasteiger partial charge in [-0.15, -0.1) is 0 Å². The maximum absolute atomic E-state index is 12.9. The number of amides is 1. The molecule has 5 aromatic rings. The second-order valence-corrected chi connectivity index (χ2v) is 15.1. The molecule has 11 heteroatoms. The third-order valence-corrected chi connectivity index (χ3v) is 11.1. The molecule has 0 unspecified atom stereocenters. The van der Waals surface area contributed by atoms with Gasteiger partial charge in [0.15, 0.2) is 6.29 Å². The van der Waals surface area contributed by atoms with Crippen molar-refractivity contribution in [3.63, 3.8) is 0 Å². The molecule has 2 fully saturated rings. The molecule has 2 aliphatic heterocycles. The summed E-state index contributed by atoms with van der Waals surface area (Å²) in [7, 11) is 0. The van der Waals surface area contributed by atoms with Gasteiger partial charge in [-0.3, -0.25) is 14.2 Å². The average Bonchev–Trinajstić information content (AvgIpc) is 3.57. The van der Waals surface area contributed by atoms with E-state index in [0.29, 0.717) is 25.8 Å². The Kier molecular flexibility index (Phi) is 13.1. The third kappa shape index (κ3) is 10.0. The van der Waals surface area contributed by atoms with Crippen LogP contribution in [0.3, 0.4) is 0 Å². The van der Waals surface area contributed by atoms with Crippen LogP contribution >= 0.6 is 0 Å². The van der Waals surface area contributed by atoms with Gasteiger partial charge in [-0.2, -0.15) is 0 Å². The Labute approximate surface area is 327 Å². The molecule has 7 rings (SSSR count). The fourth-order valence-electron chi connectivity index (χ4n) is 8.05. The molecule has 0 aliphatic carbocycles. The first-order valence-electron chi connectivity index (χ1n) is 19.9. The van der Waals surface area contributed by atoms with Crippen molar-refractivity contribution in [3.8, 4) is 11.1 Å². The molecule has 3 heterocycles. The van der Waals surface area contributed by atoms with Gasteiger partial charge in [0, 0.05) is 57.0 Å². The van der Waals surface area contributed by atoms with Crippen LogP contribution in [0.15, 0.2) is 102 Å². The van der Waals surface area contributed by atoms with Crippen LogP contribution in [-0.2, 0) is 32.2 Å². The van der Waals surface area contributed by atoms with Crippen molar-refractivity contribution in [1.29, 1.82) is 0 Å². The lowest BCUT2D eigenvalue weighted by atomic mass is 9.97. The summed E-state index contributed by atoms with van der Waals surface area (Å²) < 4.78 is 15.4. The van der Waals surface area contributed by atoms with Crippen molar-refractivity contribution in [2.75, 3.05) is 19.6 Å². The van der Waals surface area contributed by atoms with Crippen molar-refractivity contribution in [2.24, 2.45) is 0 Å². The number of nitrogens with zero attached hydrogens (tertiary/aromatic N) is 2. The fraction of sp³-hybridized carbons (Fsp3) is 0.400. The topological polar surface area (TPSA) is 146 Å². The molecule has 294 valence electrons. The number of carboxylic acid groups (broad SMARTS) is 1. The number of carbonyl (C=O) groups excluding carboxylic acids is 1. The van der Waals surface area contributed by atoms with Crippen molar-refractivity contribution < 1.29 is 29.3 Å². The fourth-order valence-corrected chi connectivity index (χ4v) is 8.05. The van der Waals surface area contributed by atoms with Gasteiger partial charge in [-0.05, 0) is 77.8 Å². The maximum Gasteiger partial charge on any atom is 0.326 e. The number of unbranched alkanes of at least 4 members (excludes halogenated alkanes) is 3. The largest absolute Gasteiger partial charge is 0.481 e. The molecule has 0 radical (unpaired) electrons. The summed E-state index contributed by atoms with van der Waals surface area (Å²) in [4.78, 5) is 41.5. The SMILES string of the molecule is O=C(O)CCCCCCC(=O)NCc1cccc(-c2cccc([C@H]3O[C@@H](CN4CCC(n5c(=O)[nH]c6ccccc65)CC4)C[C@@H](c4ccc(CO)cc4)O3)c2)c1. The summed E-state index contributed by atoms with van der Waals surface area (Å²) in [6, 6.07) is 32.4. The number of hydrogen-bond donors (Lipinski definition) is 4. The average molecular weight is 761 g/mol. The van der Waals surface area contributed by atoms with E-state index in [1.165, 1.54) is 0 Å². The number of H-pyrrole nitrogens is 1. The Morgan fingerprint density at radius 1 is 0.786 bits per heavy atom. The molecule has 2 aliphatic rings. The minimum Gasteiger partial charge on any atom is -0.481 e. The van der Waals surface area contributed by atoms with E-state index in [2.05, 4.69) is 39.5 Å². The van der Waals surface area contributed by atoms with Crippen LogP contribution in [0.5, 0.6) is 0 Å². The number of aromatic nitrogens is 2. The number of nitrogens with one attached hydrogen (secondary N) is 2. The first-order chi connectivity index (χ1) is 27.3. The highest BCUT2D eigenvalue weighted by Gasteiger charge is 2.34. The molecule has 1 amide bonds. The first kappa shape index (κ1) is 39.2. The number of rotatable bonds is 16. The monoisotopic (exact) mass is 760 g/mol. The molecule has 56 heavy (non-hydrogen) atoms. The number of benzene rings is 4. The lowest BCUT2D eigenvalue weighted by molar-refractivity contribution is -0.253. The third-order valence-electron chi connectivity index (χ3n) is 11.1. The van der Waals surface area contributed by atoms with Crippen molar-refractivity contribution in [1.82, 2.24) is 19.8 Å². The summed E-state index contributed by atoms with van der Waals surface area (Å²) in [5, 5.41) is 21.5. The second kappa shape index (κ2) is 18.7. The first-order valence-corrected chi connectivity index (χ1v) is 19.9. The van der Waals surface area contributed by atoms with Gasteiger partial charge in [0.1, 0.15) is 0 Å². The smallest absolute Gasteiger partial charge is 0.326 e. The van der Waals surface area contributed by atoms with Crippen LogP contribution in [-0.4, -0.2) is 62.3 Å². The molecule has 3 atom stereocenters. The highest BCUT2D eigenvalue weighted by molar-refractivity contribution is 5.76. The summed E-state index contributed by atoms with van der Waals surface area (Å²) in [5.74, 6) is -0.787. The Morgan fingerprint density at radius 2 is 1.52 bits per heavy atom. The Hall–Kier alpha value is -5.07. The summed E-state index contributed by atoms with van der Waals surface area (Å²) >= 11 is 0. The number of aliphatic hydroxyl groups is 1. The van der Waals surface area contributed by atoms with E-state index in [0.717, 1.165) is 96.2 Å². The molecule has 4 N–H and O–H groups in total. The van der Waals surface area contributed by atoms with Crippen LogP contribution < -0.4 is 11.0 Å². The van der Waals surface area contributed by atoms with Crippen molar-refractivity contribution in [3.05, 3.63) is 130 Å². The van der Waals surface area contributed by atoms with E-state index in [4.69, 9.17) is 14.6 Å². The minimum absolute atomic E-state index is 0.00789. The van der Waals surface area contributed by atoms with E-state index >= 15 is 0 Å². The number of aliphatic hydroxyl groups excluding tert-OH is 1. The molecule has 1 aromatic heterocycles. The number of aromatic amines is 1. The predicted octanol–water partition coefficient (Wildman–Crippen LogP) is 7.41. The number of para-hydroxylation sites is 2. The number of piperidine rings is 1. The number of hydrogen-bond acceptors (Lipinski definition) is 7. The molecule has 2 saturated heterocycles. The van der Waals surface area contributed by atoms with Gasteiger partial charge >= 0.3 is 11.7 Å². The molecule has 11 nitrogen and oxygen atoms in total. The zero-order valence-corrected chi connectivity index (χ0v) is 31.8. The number of imidazole rings is 1. The summed E-state index contributed by atoms with van der Waals surface area (Å²) in [6.45, 7) is 2.88. The van der Waals surface area contributed by atoms with Gasteiger partial charge in [-0.1, -0.05) is 85.6 Å². The highest BCUT2D eigenvalue weighted by Crippen LogP contribution is 2.39. The normalized spacial score (nSPS) is 19.3. The van der Waals surface area contributed by atoms with Crippen LogP contribution in [0.2, 0.25) is 0 Å². The van der Waals surface area contributed by atoms with Crippen molar-refractivity contribution >= 4 is 22.9 Å². The van der Waals surface area contributed by atoms with Crippen LogP contribution in [0, 0.1) is 0 Å². The van der Waals surface area contributed by atoms with E-state index in [-0.39, 0.29) is 42.9 Å². The predicted molar refractivity (Wildman–Crippen MR) is 215 cm³/mol. The molecule has 0 bridgehead atoms. The number of carbonyl (C=O) groups is 2. The van der Waals surface area contributed by atoms with Crippen molar-refractivity contribution in [2.45, 2.75) is 95.5 Å². The van der Waals surface area contributed by atoms with E-state index in [1.807, 2.05) is 77.4 Å². The number of fused-ring (bicyclic) bond motifs is 1. The Bertz CT molecular complexity index is 2140. The molecular weight excluding hydrogens is 709 g/mol. The number of aliphatic carboxylic acids is 1. The Balaban J connectivity index is 1.00. The summed E-state index contributed by atoms with van der Waals surface area (Å²) in [6.07, 6.45) is 5.19. The number of likely N-dealkylation sites (tertiary alicyclic amines) is 1. The van der Waals surface area contributed by atoms with Crippen LogP contribution in [0.25, 0.3) is 22.2 Å². The van der Waals surface area contributed by atoms with Gasteiger partial charge in [-0.25, -0.2) is 4.79 Å². The Morgan fingerprint density at radius 3 is 2.29 bits per heavy atom. The zero-order chi connectivity index (χ0) is 38.9. The lowest BCUT2D eigenvalue weighted by Crippen LogP contribution is -2.43. The van der Waals surface area contributed by atoms with E-state index in [9.17, 15) is 19.5 Å². The second-order valence-electron chi connectivity index (χ2n) is 15.1. The standard InChI is InChI=1S/C45H52N4O7/c50-30-31-17-19-33(20-18-31)41-27-38(29-48-23-21-37(22-24-48)49-40-14-6-5-13-39(40)47-45(49)54)55-44(56-41)36-12-8-11-35(26-36)34-10-7-9-32(25-34)28-46-42(51)15-3-1-2-4-16-43(52)53/h5-14,17-20,25-26,37-38,41,44,50H,1-4,15-16,21-24,27-30H2,(H,46,51)(H,47,54)(H,52,53)/t38-,41+,44+/m1/s1. The lowest BCUT2D eigenvalue weighted by Gasteiger charge is -2.40. The van der Waals surface area contributed by atoms with Crippen LogP contribution in [0.1, 0.15) is 98.5 Å². The highest BCUT2D eigenvalue weighted by atomic mass is 16.7. The number of carboxylic acids is 1. The van der Waals surface area contributed by atoms with Crippen LogP contribution in [0.4, 0.5) is 0 Å². The molecule has 4 aromatic carbocycles. The van der Waals surface area contributed by atoms with E-state index in [1.54, 1.807) is 0 Å². The maximum atomic E-state index is 12.9. The van der Waals surface area contributed by atoms with E-state index < -0.39 is 12.3 Å². The van der Waals surface area contributed by atoms with Gasteiger partial charge in [0.2, 0.25) is 5.91 Å². The molecule has 0 saturated carbocycles. The van der Waals surface area contributed by atoms with Gasteiger partial charge in [0.05, 0.1) is 29.8 Å². The minimum atomic E-state index is -0.779. The summed E-state index contributed by atoms with van der Waals surface area (Å²) in [5.41, 5.74) is 7.63. The van der Waals surface area contributed by atoms with Gasteiger partial charge < -0.3 is 34.9 Å². The zero-order valence-electron chi connectivity index (χ0n) is 31.8. The number of ether oxygens (including phenoxy) is 2. The van der Waals surface area contributed by atoms with Gasteiger partial charge in [0.25, 0.3) is 0 Å². The molecule has 0 spiro atoms. The molecular formula is C45H52N4O7. The quantitative estimate of drug-likeness (QED) is 0.0761.